The molecule has 26 heavy (non-hydrogen) atoms. The minimum absolute atomic E-state index is 0.250. The Kier molecular flexibility index (Phi) is 12.1. The Labute approximate surface area is 174 Å². The summed E-state index contributed by atoms with van der Waals surface area (Å²) in [6.45, 7) is 11.5. The van der Waals surface area contributed by atoms with E-state index in [4.69, 9.17) is 0 Å². The first-order valence-electron chi connectivity index (χ1n) is 10.5. The quantitative estimate of drug-likeness (QED) is 0.175. The Balaban J connectivity index is 2.85. The molecule has 0 saturated carbocycles. The third-order valence-corrected chi connectivity index (χ3v) is 22.5. The number of carbonyl (C=O) groups excluding carboxylic acids is 1. The molecular weight excluding hydrogens is 491 g/mol. The summed E-state index contributed by atoms with van der Waals surface area (Å²) in [6, 6.07) is 7.79. The fourth-order valence-electron chi connectivity index (χ4n) is 3.80. The molecule has 0 aliphatic carbocycles. The number of hydrogen-bond donors (Lipinski definition) is 0. The van der Waals surface area contributed by atoms with Crippen LogP contribution >= 0.6 is 15.9 Å². The Morgan fingerprint density at radius 2 is 1.42 bits per heavy atom. The molecule has 0 saturated heterocycles. The van der Waals surface area contributed by atoms with Crippen LogP contribution in [0.5, 0.6) is 0 Å². The number of allylic oxidation sites excluding steroid dienone is 1. The topological polar surface area (TPSA) is 17.1 Å². The van der Waals surface area contributed by atoms with Gasteiger partial charge in [-0.3, -0.25) is 0 Å². The molecule has 1 aromatic carbocycles. The molecule has 1 rings (SSSR count). The van der Waals surface area contributed by atoms with Gasteiger partial charge in [0.05, 0.1) is 0 Å². The van der Waals surface area contributed by atoms with E-state index in [1.54, 1.807) is 0 Å². The van der Waals surface area contributed by atoms with Crippen molar-refractivity contribution in [1.29, 1.82) is 0 Å². The summed E-state index contributed by atoms with van der Waals surface area (Å²) in [5.74, 6) is 0.250. The molecule has 0 radical (unpaired) electrons. The molecule has 0 unspecified atom stereocenters. The van der Waals surface area contributed by atoms with Crippen molar-refractivity contribution in [1.82, 2.24) is 0 Å². The van der Waals surface area contributed by atoms with E-state index in [0.717, 1.165) is 16.5 Å². The van der Waals surface area contributed by atoms with Crippen molar-refractivity contribution in [2.24, 2.45) is 0 Å². The predicted molar refractivity (Wildman–Crippen MR) is 122 cm³/mol. The average molecular weight is 528 g/mol. The molecule has 0 N–H and O–H groups in total. The van der Waals surface area contributed by atoms with Crippen LogP contribution in [0, 0.1) is 0 Å². The van der Waals surface area contributed by atoms with E-state index in [1.165, 1.54) is 55.4 Å². The number of ketones is 1. The number of rotatable bonds is 14. The van der Waals surface area contributed by atoms with Crippen LogP contribution in [0.3, 0.4) is 0 Å². The average Bonchev–Trinajstić information content (AvgIpc) is 2.66. The van der Waals surface area contributed by atoms with Crippen LogP contribution in [0.2, 0.25) is 13.3 Å². The number of halogens is 1. The van der Waals surface area contributed by atoms with Crippen LogP contribution in [0.4, 0.5) is 0 Å². The van der Waals surface area contributed by atoms with Gasteiger partial charge in [-0.1, -0.05) is 0 Å². The fraction of sp³-hybridized carbons (Fsp3) is 0.609. The van der Waals surface area contributed by atoms with Crippen LogP contribution < -0.4 is 0 Å². The molecule has 1 aromatic rings. The van der Waals surface area contributed by atoms with Crippen molar-refractivity contribution in [2.75, 3.05) is 0 Å². The molecule has 1 nitrogen and oxygen atoms in total. The predicted octanol–water partition coefficient (Wildman–Crippen LogP) is 8.36. The molecule has 146 valence electrons. The van der Waals surface area contributed by atoms with Gasteiger partial charge < -0.3 is 0 Å². The fourth-order valence-corrected chi connectivity index (χ4v) is 20.2. The number of benzene rings is 1. The monoisotopic (exact) mass is 528 g/mol. The molecule has 0 heterocycles. The molecule has 3 heteroatoms. The Bertz CT molecular complexity index is 545. The number of carbonyl (C=O) groups is 1. The normalized spacial score (nSPS) is 11.5. The third-order valence-electron chi connectivity index (χ3n) is 5.60. The van der Waals surface area contributed by atoms with Gasteiger partial charge in [0, 0.05) is 0 Å². The molecule has 0 fully saturated rings. The van der Waals surface area contributed by atoms with Gasteiger partial charge in [-0.2, -0.15) is 0 Å². The summed E-state index contributed by atoms with van der Waals surface area (Å²) in [7, 11) is 0. The molecule has 0 bridgehead atoms. The van der Waals surface area contributed by atoms with Gasteiger partial charge in [0.2, 0.25) is 0 Å². The first-order chi connectivity index (χ1) is 12.5. The van der Waals surface area contributed by atoms with Crippen LogP contribution in [0.1, 0.15) is 82.5 Å². The second-order valence-corrected chi connectivity index (χ2v) is 22.1. The summed E-state index contributed by atoms with van der Waals surface area (Å²) in [6.07, 6.45) is 9.40. The van der Waals surface area contributed by atoms with E-state index in [-0.39, 0.29) is 5.78 Å². The van der Waals surface area contributed by atoms with Gasteiger partial charge >= 0.3 is 175 Å². The van der Waals surface area contributed by atoms with Gasteiger partial charge in [0.15, 0.2) is 0 Å². The molecular formula is C23H37BrOSn. The van der Waals surface area contributed by atoms with Crippen molar-refractivity contribution in [3.05, 3.63) is 44.5 Å². The van der Waals surface area contributed by atoms with Crippen molar-refractivity contribution in [3.63, 3.8) is 0 Å². The van der Waals surface area contributed by atoms with Crippen molar-refractivity contribution in [3.8, 4) is 0 Å². The zero-order valence-corrected chi connectivity index (χ0v) is 21.5. The first-order valence-corrected chi connectivity index (χ1v) is 18.7. The second kappa shape index (κ2) is 13.1. The van der Waals surface area contributed by atoms with Gasteiger partial charge in [0.25, 0.3) is 0 Å². The van der Waals surface area contributed by atoms with Gasteiger partial charge in [0.1, 0.15) is 0 Å². The summed E-state index contributed by atoms with van der Waals surface area (Å²) in [4.78, 5) is 12.7. The SMILES string of the molecule is C=[C](CCC(=O)c1ccccc1Br)[Sn]([CH2]CCC)([CH2]CCC)[CH2]CCC. The third kappa shape index (κ3) is 7.50. The molecule has 0 amide bonds. The van der Waals surface area contributed by atoms with E-state index < -0.39 is 18.4 Å². The van der Waals surface area contributed by atoms with Crippen LogP contribution in [0.25, 0.3) is 0 Å². The number of unbranched alkanes of at least 4 members (excludes halogenated alkanes) is 3. The maximum atomic E-state index is 12.7. The van der Waals surface area contributed by atoms with Crippen LogP contribution in [-0.2, 0) is 0 Å². The van der Waals surface area contributed by atoms with E-state index in [0.29, 0.717) is 6.42 Å². The molecule has 0 aliphatic heterocycles. The van der Waals surface area contributed by atoms with Gasteiger partial charge in [-0.25, -0.2) is 0 Å². The van der Waals surface area contributed by atoms with Crippen LogP contribution in [0.15, 0.2) is 38.9 Å². The van der Waals surface area contributed by atoms with E-state index in [2.05, 4.69) is 43.3 Å². The first kappa shape index (κ1) is 23.9. The summed E-state index contributed by atoms with van der Waals surface area (Å²) in [5, 5.41) is 0. The Morgan fingerprint density at radius 1 is 0.923 bits per heavy atom. The van der Waals surface area contributed by atoms with E-state index in [9.17, 15) is 4.79 Å². The molecule has 0 spiro atoms. The maximum absolute atomic E-state index is 12.7. The van der Waals surface area contributed by atoms with Crippen molar-refractivity contribution >= 4 is 40.1 Å². The van der Waals surface area contributed by atoms with Crippen LogP contribution in [-0.4, -0.2) is 24.2 Å². The zero-order valence-electron chi connectivity index (χ0n) is 17.1. The molecule has 0 aliphatic rings. The Hall–Kier alpha value is -0.0913. The number of hydrogen-bond acceptors (Lipinski definition) is 1. The zero-order chi connectivity index (χ0) is 19.4. The summed E-state index contributed by atoms with van der Waals surface area (Å²) < 4.78 is 6.75. The standard InChI is InChI=1S/C11H10BrO.3C4H9.Sn/c1-2-3-8-11(13)9-6-4-5-7-10(9)12;3*1-3-4-2;/h4-7H,1,3,8H2;3*1,3-4H2,2H3;. The van der Waals surface area contributed by atoms with Gasteiger partial charge in [-0.05, 0) is 0 Å². The van der Waals surface area contributed by atoms with E-state index in [1.807, 2.05) is 24.3 Å². The number of Topliss-reactive ketones (excluding diaryl/α,β-unsaturated/α-hetero) is 1. The van der Waals surface area contributed by atoms with E-state index >= 15 is 0 Å². The van der Waals surface area contributed by atoms with Gasteiger partial charge in [-0.15, -0.1) is 0 Å². The van der Waals surface area contributed by atoms with Crippen molar-refractivity contribution in [2.45, 2.75) is 85.4 Å². The molecule has 0 atom stereocenters. The summed E-state index contributed by atoms with van der Waals surface area (Å²) in [5.41, 5.74) is 0.816. The summed E-state index contributed by atoms with van der Waals surface area (Å²) >= 11 is 1.13. The van der Waals surface area contributed by atoms with Crippen molar-refractivity contribution < 1.29 is 4.79 Å². The molecule has 0 aromatic heterocycles. The second-order valence-electron chi connectivity index (χ2n) is 7.60. The minimum atomic E-state index is -2.39. The Morgan fingerprint density at radius 3 is 1.88 bits per heavy atom.